The van der Waals surface area contributed by atoms with E-state index in [0.717, 1.165) is 12.1 Å². The molecule has 0 aliphatic heterocycles. The van der Waals surface area contributed by atoms with Gasteiger partial charge in [-0.15, -0.1) is 0 Å². The van der Waals surface area contributed by atoms with Gasteiger partial charge in [-0.2, -0.15) is 18.4 Å². The molecule has 2 aromatic rings. The largest absolute Gasteiger partial charge is 0.416 e. The number of halogens is 3. The normalized spacial score (nSPS) is 12.0. The van der Waals surface area contributed by atoms with Crippen LogP contribution in [0.3, 0.4) is 0 Å². The molecular weight excluding hydrogens is 331 g/mol. The number of aryl methyl sites for hydroxylation is 1. The van der Waals surface area contributed by atoms with Crippen molar-refractivity contribution in [3.8, 4) is 11.8 Å². The highest BCUT2D eigenvalue weighted by molar-refractivity contribution is 6.01. The molecule has 1 amide bonds. The molecule has 0 unspecified atom stereocenters. The molecular formula is C18H16F3N3O. The number of benzene rings is 1. The van der Waals surface area contributed by atoms with E-state index in [1.54, 1.807) is 30.5 Å². The van der Waals surface area contributed by atoms with E-state index in [0.29, 0.717) is 22.6 Å². The Balaban J connectivity index is 2.57. The number of nitrogens with zero attached hydrogens (tertiary/aromatic N) is 2. The summed E-state index contributed by atoms with van der Waals surface area (Å²) in [6, 6.07) is 8.53. The number of alkyl halides is 3. The molecule has 1 aromatic carbocycles. The Morgan fingerprint density at radius 3 is 2.52 bits per heavy atom. The quantitative estimate of drug-likeness (QED) is 0.679. The number of amides is 1. The first-order chi connectivity index (χ1) is 11.7. The lowest BCUT2D eigenvalue weighted by Crippen LogP contribution is -2.19. The summed E-state index contributed by atoms with van der Waals surface area (Å²) in [7, 11) is 1.42. The van der Waals surface area contributed by atoms with Gasteiger partial charge in [-0.1, -0.05) is 6.07 Å². The average Bonchev–Trinajstić information content (AvgIpc) is 2.85. The van der Waals surface area contributed by atoms with Crippen molar-refractivity contribution >= 4 is 12.0 Å². The fourth-order valence-electron chi connectivity index (χ4n) is 2.59. The number of hydrogen-bond acceptors (Lipinski definition) is 2. The van der Waals surface area contributed by atoms with Gasteiger partial charge in [0, 0.05) is 24.1 Å². The summed E-state index contributed by atoms with van der Waals surface area (Å²) >= 11 is 0. The molecule has 1 N–H and O–H groups in total. The van der Waals surface area contributed by atoms with Gasteiger partial charge in [0.25, 0.3) is 5.91 Å². The molecule has 0 radical (unpaired) electrons. The smallest absolute Gasteiger partial charge is 0.354 e. The third kappa shape index (κ3) is 3.74. The highest BCUT2D eigenvalue weighted by Gasteiger charge is 2.30. The number of carbonyl (C=O) groups is 1. The molecule has 0 bridgehead atoms. The van der Waals surface area contributed by atoms with Gasteiger partial charge < -0.3 is 9.88 Å². The predicted molar refractivity (Wildman–Crippen MR) is 87.9 cm³/mol. The van der Waals surface area contributed by atoms with Crippen molar-refractivity contribution in [3.63, 3.8) is 0 Å². The molecule has 0 aliphatic carbocycles. The SMILES string of the molecule is CNC(=O)/C(C#N)=C/c1cc(C)n(-c2cccc(C(F)(F)F)c2)c1C. The molecule has 1 heterocycles. The van der Waals surface area contributed by atoms with E-state index in [2.05, 4.69) is 5.32 Å². The van der Waals surface area contributed by atoms with Gasteiger partial charge in [-0.25, -0.2) is 0 Å². The third-order valence-electron chi connectivity index (χ3n) is 3.79. The van der Waals surface area contributed by atoms with Crippen molar-refractivity contribution in [3.05, 3.63) is 58.4 Å². The maximum absolute atomic E-state index is 12.9. The minimum Gasteiger partial charge on any atom is -0.354 e. The minimum absolute atomic E-state index is 0.0770. The van der Waals surface area contributed by atoms with Crippen molar-refractivity contribution in [2.24, 2.45) is 0 Å². The van der Waals surface area contributed by atoms with E-state index in [9.17, 15) is 18.0 Å². The topological polar surface area (TPSA) is 57.8 Å². The molecule has 7 heteroatoms. The summed E-state index contributed by atoms with van der Waals surface area (Å²) in [4.78, 5) is 11.6. The number of carbonyl (C=O) groups excluding carboxylic acids is 1. The van der Waals surface area contributed by atoms with E-state index in [1.165, 1.54) is 19.2 Å². The standard InChI is InChI=1S/C18H16F3N3O/c1-11-7-13(8-14(10-22)17(25)23-3)12(2)24(11)16-6-4-5-15(9-16)18(19,20)21/h4-9H,1-3H3,(H,23,25)/b14-8+. The third-order valence-corrected chi connectivity index (χ3v) is 3.79. The summed E-state index contributed by atoms with van der Waals surface area (Å²) in [6.07, 6.45) is -3.01. The van der Waals surface area contributed by atoms with E-state index in [4.69, 9.17) is 5.26 Å². The molecule has 4 nitrogen and oxygen atoms in total. The van der Waals surface area contributed by atoms with E-state index in [-0.39, 0.29) is 5.57 Å². The minimum atomic E-state index is -4.43. The van der Waals surface area contributed by atoms with Crippen LogP contribution in [0.15, 0.2) is 35.9 Å². The number of hydrogen-bond donors (Lipinski definition) is 1. The number of nitriles is 1. The van der Waals surface area contributed by atoms with Crippen LogP contribution < -0.4 is 5.32 Å². The predicted octanol–water partition coefficient (Wildman–Crippen LogP) is 3.77. The fraction of sp³-hybridized carbons (Fsp3) is 0.222. The van der Waals surface area contributed by atoms with Crippen molar-refractivity contribution in [1.29, 1.82) is 5.26 Å². The molecule has 1 aromatic heterocycles. The van der Waals surface area contributed by atoms with Crippen LogP contribution in [-0.2, 0) is 11.0 Å². The maximum atomic E-state index is 12.9. The first kappa shape index (κ1) is 18.3. The Labute approximate surface area is 143 Å². The lowest BCUT2D eigenvalue weighted by Gasteiger charge is -2.13. The highest BCUT2D eigenvalue weighted by atomic mass is 19.4. The molecule has 0 fully saturated rings. The lowest BCUT2D eigenvalue weighted by molar-refractivity contribution is -0.137. The second-order valence-electron chi connectivity index (χ2n) is 5.46. The Hall–Kier alpha value is -3.01. The van der Waals surface area contributed by atoms with Gasteiger partial charge in [0.2, 0.25) is 0 Å². The summed E-state index contributed by atoms with van der Waals surface area (Å²) in [5, 5.41) is 11.5. The monoisotopic (exact) mass is 347 g/mol. The second kappa shape index (κ2) is 6.85. The van der Waals surface area contributed by atoms with Crippen LogP contribution in [0, 0.1) is 25.2 Å². The fourth-order valence-corrected chi connectivity index (χ4v) is 2.59. The Morgan fingerprint density at radius 1 is 1.28 bits per heavy atom. The lowest BCUT2D eigenvalue weighted by atomic mass is 10.1. The van der Waals surface area contributed by atoms with Crippen LogP contribution in [0.1, 0.15) is 22.5 Å². The summed E-state index contributed by atoms with van der Waals surface area (Å²) in [5.74, 6) is -0.522. The van der Waals surface area contributed by atoms with Crippen LogP contribution in [0.5, 0.6) is 0 Å². The van der Waals surface area contributed by atoms with Crippen LogP contribution in [0.4, 0.5) is 13.2 Å². The molecule has 2 rings (SSSR count). The number of likely N-dealkylation sites (N-methyl/N-ethyl adjacent to an activating group) is 1. The molecule has 0 saturated heterocycles. The highest BCUT2D eigenvalue weighted by Crippen LogP contribution is 2.31. The number of rotatable bonds is 3. The van der Waals surface area contributed by atoms with Gasteiger partial charge in [0.1, 0.15) is 11.6 Å². The van der Waals surface area contributed by atoms with Crippen molar-refractivity contribution in [2.75, 3.05) is 7.05 Å². The van der Waals surface area contributed by atoms with Gasteiger partial charge >= 0.3 is 6.18 Å². The Bertz CT molecular complexity index is 886. The van der Waals surface area contributed by atoms with Gasteiger partial charge in [-0.05, 0) is 49.8 Å². The summed E-state index contributed by atoms with van der Waals surface area (Å²) in [5.41, 5.74) is 1.47. The second-order valence-corrected chi connectivity index (χ2v) is 5.46. The molecule has 0 spiro atoms. The van der Waals surface area contributed by atoms with Crippen molar-refractivity contribution in [2.45, 2.75) is 20.0 Å². The van der Waals surface area contributed by atoms with E-state index >= 15 is 0 Å². The first-order valence-electron chi connectivity index (χ1n) is 7.39. The van der Waals surface area contributed by atoms with E-state index < -0.39 is 17.6 Å². The van der Waals surface area contributed by atoms with E-state index in [1.807, 2.05) is 6.07 Å². The van der Waals surface area contributed by atoms with Crippen LogP contribution in [0.25, 0.3) is 11.8 Å². The zero-order chi connectivity index (χ0) is 18.8. The molecule has 0 saturated carbocycles. The molecule has 0 aliphatic rings. The van der Waals surface area contributed by atoms with Crippen LogP contribution in [-0.4, -0.2) is 17.5 Å². The summed E-state index contributed by atoms with van der Waals surface area (Å²) < 4.78 is 40.5. The molecule has 0 atom stereocenters. The first-order valence-corrected chi connectivity index (χ1v) is 7.39. The van der Waals surface area contributed by atoms with Gasteiger partial charge in [0.05, 0.1) is 5.56 Å². The van der Waals surface area contributed by atoms with Crippen molar-refractivity contribution < 1.29 is 18.0 Å². The number of aromatic nitrogens is 1. The van der Waals surface area contributed by atoms with Gasteiger partial charge in [0.15, 0.2) is 0 Å². The number of nitrogens with one attached hydrogen (secondary N) is 1. The zero-order valence-corrected chi connectivity index (χ0v) is 13.9. The van der Waals surface area contributed by atoms with Gasteiger partial charge in [-0.3, -0.25) is 4.79 Å². The van der Waals surface area contributed by atoms with Crippen LogP contribution in [0.2, 0.25) is 0 Å². The Morgan fingerprint density at radius 2 is 1.96 bits per heavy atom. The summed E-state index contributed by atoms with van der Waals surface area (Å²) in [6.45, 7) is 3.47. The van der Waals surface area contributed by atoms with Crippen molar-refractivity contribution in [1.82, 2.24) is 9.88 Å². The maximum Gasteiger partial charge on any atom is 0.416 e. The Kier molecular flexibility index (Phi) is 5.02. The molecule has 25 heavy (non-hydrogen) atoms. The van der Waals surface area contributed by atoms with Crippen LogP contribution >= 0.6 is 0 Å². The zero-order valence-electron chi connectivity index (χ0n) is 13.9. The molecule has 130 valence electrons. The average molecular weight is 347 g/mol.